The third-order valence-electron chi connectivity index (χ3n) is 4.09. The second-order valence-electron chi connectivity index (χ2n) is 5.46. The summed E-state index contributed by atoms with van der Waals surface area (Å²) in [6.07, 6.45) is 2.85. The number of hydrogen-bond donors (Lipinski definition) is 2. The van der Waals surface area contributed by atoms with Crippen LogP contribution in [0.5, 0.6) is 0 Å². The van der Waals surface area contributed by atoms with E-state index in [1.54, 1.807) is 6.07 Å². The minimum atomic E-state index is -0.127. The van der Waals surface area contributed by atoms with E-state index in [0.29, 0.717) is 10.6 Å². The van der Waals surface area contributed by atoms with E-state index in [2.05, 4.69) is 10.3 Å². The molecular weight excluding hydrogens is 296 g/mol. The van der Waals surface area contributed by atoms with Crippen molar-refractivity contribution < 1.29 is 4.79 Å². The molecule has 0 unspecified atom stereocenters. The average Bonchev–Trinajstić information content (AvgIpc) is 3.19. The second kappa shape index (κ2) is 5.10. The van der Waals surface area contributed by atoms with E-state index in [0.717, 1.165) is 41.3 Å². The molecule has 0 fully saturated rings. The van der Waals surface area contributed by atoms with Crippen molar-refractivity contribution in [3.8, 4) is 0 Å². The predicted octanol–water partition coefficient (Wildman–Crippen LogP) is 3.33. The number of pyridine rings is 1. The maximum atomic E-state index is 12.1. The lowest BCUT2D eigenvalue weighted by Crippen LogP contribution is -2.13. The summed E-state index contributed by atoms with van der Waals surface area (Å²) >= 11 is 1.40. The van der Waals surface area contributed by atoms with E-state index < -0.39 is 0 Å². The van der Waals surface area contributed by atoms with Crippen LogP contribution in [0.25, 0.3) is 10.9 Å². The minimum absolute atomic E-state index is 0.00160. The molecule has 2 aromatic heterocycles. The number of anilines is 1. The predicted molar refractivity (Wildman–Crippen MR) is 88.9 cm³/mol. The first kappa shape index (κ1) is 13.3. The van der Waals surface area contributed by atoms with Crippen molar-refractivity contribution in [2.75, 3.05) is 5.32 Å². The molecule has 0 saturated carbocycles. The number of aryl methyl sites for hydroxylation is 1. The molecule has 2 heterocycles. The number of benzene rings is 1. The van der Waals surface area contributed by atoms with E-state index in [1.807, 2.05) is 29.6 Å². The zero-order valence-corrected chi connectivity index (χ0v) is 12.6. The largest absolute Gasteiger partial charge is 0.322 e. The molecular formula is C17H14N2O2S. The Morgan fingerprint density at radius 2 is 2.05 bits per heavy atom. The number of rotatable bonds is 2. The van der Waals surface area contributed by atoms with Crippen molar-refractivity contribution in [1.82, 2.24) is 4.98 Å². The highest BCUT2D eigenvalue weighted by Gasteiger charge is 2.18. The Morgan fingerprint density at radius 1 is 1.18 bits per heavy atom. The van der Waals surface area contributed by atoms with Gasteiger partial charge in [-0.1, -0.05) is 12.1 Å². The Hall–Kier alpha value is -2.40. The Bertz CT molecular complexity index is 926. The third kappa shape index (κ3) is 2.14. The molecule has 0 radical (unpaired) electrons. The van der Waals surface area contributed by atoms with Crippen molar-refractivity contribution in [1.29, 1.82) is 0 Å². The maximum absolute atomic E-state index is 12.1. The van der Waals surface area contributed by atoms with Gasteiger partial charge in [0.25, 0.3) is 11.5 Å². The van der Waals surface area contributed by atoms with Gasteiger partial charge in [-0.3, -0.25) is 9.59 Å². The number of nitrogens with one attached hydrogen (secondary N) is 2. The smallest absolute Gasteiger partial charge is 0.265 e. The summed E-state index contributed by atoms with van der Waals surface area (Å²) in [4.78, 5) is 27.8. The van der Waals surface area contributed by atoms with Gasteiger partial charge in [0.15, 0.2) is 0 Å². The molecule has 1 aliphatic rings. The van der Waals surface area contributed by atoms with Crippen LogP contribution in [0.4, 0.5) is 5.69 Å². The fourth-order valence-electron chi connectivity index (χ4n) is 3.08. The second-order valence-corrected chi connectivity index (χ2v) is 6.40. The number of thiophene rings is 1. The number of fused-ring (bicyclic) bond motifs is 3. The van der Waals surface area contributed by atoms with Gasteiger partial charge in [-0.25, -0.2) is 0 Å². The Balaban J connectivity index is 1.74. The summed E-state index contributed by atoms with van der Waals surface area (Å²) in [6.45, 7) is 0. The molecule has 110 valence electrons. The summed E-state index contributed by atoms with van der Waals surface area (Å²) in [5.41, 5.74) is 3.56. The highest BCUT2D eigenvalue weighted by molar-refractivity contribution is 7.12. The van der Waals surface area contributed by atoms with Crippen molar-refractivity contribution in [2.45, 2.75) is 19.3 Å². The Labute approximate surface area is 130 Å². The van der Waals surface area contributed by atoms with Crippen molar-refractivity contribution >= 4 is 33.8 Å². The highest BCUT2D eigenvalue weighted by Crippen LogP contribution is 2.28. The average molecular weight is 310 g/mol. The zero-order valence-electron chi connectivity index (χ0n) is 11.8. The van der Waals surface area contributed by atoms with E-state index in [9.17, 15) is 9.59 Å². The van der Waals surface area contributed by atoms with Gasteiger partial charge in [0.2, 0.25) is 0 Å². The molecule has 0 spiro atoms. The SMILES string of the molecule is O=C(Nc1ccc2c3c(c(=O)[nH]c2c1)CCC3)c1cccs1. The van der Waals surface area contributed by atoms with Gasteiger partial charge in [-0.15, -0.1) is 11.3 Å². The first-order chi connectivity index (χ1) is 10.7. The summed E-state index contributed by atoms with van der Waals surface area (Å²) in [6, 6.07) is 9.35. The molecule has 2 N–H and O–H groups in total. The Morgan fingerprint density at radius 3 is 2.86 bits per heavy atom. The lowest BCUT2D eigenvalue weighted by atomic mass is 10.1. The van der Waals surface area contributed by atoms with Crippen LogP contribution in [-0.2, 0) is 12.8 Å². The maximum Gasteiger partial charge on any atom is 0.265 e. The van der Waals surface area contributed by atoms with E-state index >= 15 is 0 Å². The van der Waals surface area contributed by atoms with Gasteiger partial charge in [-0.05, 0) is 48.4 Å². The monoisotopic (exact) mass is 310 g/mol. The quantitative estimate of drug-likeness (QED) is 0.762. The summed E-state index contributed by atoms with van der Waals surface area (Å²) < 4.78 is 0. The van der Waals surface area contributed by atoms with Crippen LogP contribution in [0.3, 0.4) is 0 Å². The van der Waals surface area contributed by atoms with Crippen LogP contribution in [-0.4, -0.2) is 10.9 Å². The molecule has 4 nitrogen and oxygen atoms in total. The lowest BCUT2D eigenvalue weighted by Gasteiger charge is -2.08. The summed E-state index contributed by atoms with van der Waals surface area (Å²) in [5, 5.41) is 5.83. The number of aromatic amines is 1. The number of aromatic nitrogens is 1. The number of amides is 1. The molecule has 0 saturated heterocycles. The number of carbonyl (C=O) groups is 1. The standard InChI is InChI=1S/C17H14N2O2S/c20-16-13-4-1-3-11(13)12-7-6-10(9-14(12)19-16)18-17(21)15-5-2-8-22-15/h2,5-9H,1,3-4H2,(H,18,21)(H,19,20). The van der Waals surface area contributed by atoms with Gasteiger partial charge in [0.05, 0.1) is 10.4 Å². The topological polar surface area (TPSA) is 62.0 Å². The van der Waals surface area contributed by atoms with Crippen LogP contribution in [0, 0.1) is 0 Å². The fourth-order valence-corrected chi connectivity index (χ4v) is 3.70. The molecule has 5 heteroatoms. The van der Waals surface area contributed by atoms with E-state index in [-0.39, 0.29) is 11.5 Å². The van der Waals surface area contributed by atoms with Gasteiger partial charge < -0.3 is 10.3 Å². The zero-order chi connectivity index (χ0) is 15.1. The van der Waals surface area contributed by atoms with Crippen molar-refractivity contribution in [2.24, 2.45) is 0 Å². The van der Waals surface area contributed by atoms with Crippen LogP contribution in [0.2, 0.25) is 0 Å². The van der Waals surface area contributed by atoms with Crippen LogP contribution >= 0.6 is 11.3 Å². The van der Waals surface area contributed by atoms with Crippen LogP contribution in [0.1, 0.15) is 27.2 Å². The number of carbonyl (C=O) groups excluding carboxylic acids is 1. The molecule has 1 amide bonds. The van der Waals surface area contributed by atoms with Gasteiger partial charge in [0, 0.05) is 16.6 Å². The molecule has 1 aromatic carbocycles. The molecule has 0 aliphatic heterocycles. The van der Waals surface area contributed by atoms with Gasteiger partial charge in [0.1, 0.15) is 0 Å². The number of H-pyrrole nitrogens is 1. The van der Waals surface area contributed by atoms with Crippen LogP contribution in [0.15, 0.2) is 40.5 Å². The fraction of sp³-hybridized carbons (Fsp3) is 0.176. The normalized spacial score (nSPS) is 13.3. The van der Waals surface area contributed by atoms with Crippen LogP contribution < -0.4 is 10.9 Å². The van der Waals surface area contributed by atoms with Crippen molar-refractivity contribution in [3.63, 3.8) is 0 Å². The molecule has 4 rings (SSSR count). The molecule has 1 aliphatic carbocycles. The number of hydrogen-bond acceptors (Lipinski definition) is 3. The van der Waals surface area contributed by atoms with Crippen molar-refractivity contribution in [3.05, 3.63) is 62.1 Å². The van der Waals surface area contributed by atoms with Gasteiger partial charge >= 0.3 is 0 Å². The molecule has 0 bridgehead atoms. The molecule has 0 atom stereocenters. The summed E-state index contributed by atoms with van der Waals surface area (Å²) in [5.74, 6) is -0.127. The molecule has 22 heavy (non-hydrogen) atoms. The molecule has 3 aromatic rings. The lowest BCUT2D eigenvalue weighted by molar-refractivity contribution is 0.103. The van der Waals surface area contributed by atoms with E-state index in [4.69, 9.17) is 0 Å². The highest BCUT2D eigenvalue weighted by atomic mass is 32.1. The Kier molecular flexibility index (Phi) is 3.08. The first-order valence-electron chi connectivity index (χ1n) is 7.25. The van der Waals surface area contributed by atoms with E-state index in [1.165, 1.54) is 11.3 Å². The first-order valence-corrected chi connectivity index (χ1v) is 8.13. The van der Waals surface area contributed by atoms with Gasteiger partial charge in [-0.2, -0.15) is 0 Å². The third-order valence-corrected chi connectivity index (χ3v) is 4.96. The minimum Gasteiger partial charge on any atom is -0.322 e. The summed E-state index contributed by atoms with van der Waals surface area (Å²) in [7, 11) is 0.